The van der Waals surface area contributed by atoms with Crippen molar-refractivity contribution in [2.24, 2.45) is 0 Å². The molecule has 1 aliphatic heterocycles. The number of aromatic nitrogens is 1. The molecule has 1 aliphatic rings. The van der Waals surface area contributed by atoms with Crippen molar-refractivity contribution in [1.82, 2.24) is 4.98 Å². The lowest BCUT2D eigenvalue weighted by Gasteiger charge is -2.36. The first kappa shape index (κ1) is 19.7. The van der Waals surface area contributed by atoms with Crippen LogP contribution in [0.1, 0.15) is 5.56 Å². The van der Waals surface area contributed by atoms with Crippen molar-refractivity contribution in [3.8, 4) is 0 Å². The number of piperazine rings is 1. The first-order chi connectivity index (χ1) is 14.7. The normalized spacial score (nSPS) is 13.8. The van der Waals surface area contributed by atoms with E-state index in [1.807, 2.05) is 53.4 Å². The highest BCUT2D eigenvalue weighted by atomic mass is 19.1. The van der Waals surface area contributed by atoms with Crippen LogP contribution in [-0.4, -0.2) is 37.3 Å². The Labute approximate surface area is 174 Å². The van der Waals surface area contributed by atoms with E-state index < -0.39 is 6.09 Å². The number of carbonyl (C=O) groups excluding carboxylic acids is 1. The standard InChI is InChI=1S/C23H23FN4O2/c24-20-16-19(26-23(29)30-17-18-6-2-1-3-7-18)9-10-21(20)27-12-14-28(15-13-27)22-8-4-5-11-25-22/h1-11,16H,12-15,17H2,(H,26,29). The van der Waals surface area contributed by atoms with Crippen LogP contribution >= 0.6 is 0 Å². The number of nitrogens with one attached hydrogen (secondary N) is 1. The second-order valence-corrected chi connectivity index (χ2v) is 7.01. The van der Waals surface area contributed by atoms with Crippen molar-refractivity contribution in [1.29, 1.82) is 0 Å². The van der Waals surface area contributed by atoms with Crippen molar-refractivity contribution < 1.29 is 13.9 Å². The number of pyridine rings is 1. The molecule has 3 aromatic rings. The van der Waals surface area contributed by atoms with Gasteiger partial charge in [-0.3, -0.25) is 5.32 Å². The predicted molar refractivity (Wildman–Crippen MR) is 115 cm³/mol. The number of hydrogen-bond donors (Lipinski definition) is 1. The number of nitrogens with zero attached hydrogens (tertiary/aromatic N) is 3. The second-order valence-electron chi connectivity index (χ2n) is 7.01. The smallest absolute Gasteiger partial charge is 0.411 e. The van der Waals surface area contributed by atoms with Gasteiger partial charge in [-0.2, -0.15) is 0 Å². The number of ether oxygens (including phenoxy) is 1. The molecule has 0 unspecified atom stereocenters. The molecule has 1 aromatic heterocycles. The van der Waals surface area contributed by atoms with E-state index in [1.54, 1.807) is 18.3 Å². The summed E-state index contributed by atoms with van der Waals surface area (Å²) < 4.78 is 19.9. The molecule has 0 atom stereocenters. The van der Waals surface area contributed by atoms with E-state index >= 15 is 0 Å². The molecule has 1 amide bonds. The van der Waals surface area contributed by atoms with Crippen molar-refractivity contribution in [2.45, 2.75) is 6.61 Å². The second kappa shape index (κ2) is 9.26. The van der Waals surface area contributed by atoms with Gasteiger partial charge in [-0.15, -0.1) is 0 Å². The van der Waals surface area contributed by atoms with Crippen LogP contribution in [0.3, 0.4) is 0 Å². The van der Waals surface area contributed by atoms with Crippen LogP contribution in [0.15, 0.2) is 72.9 Å². The minimum atomic E-state index is -0.616. The Balaban J connectivity index is 1.31. The fraction of sp³-hybridized carbons (Fsp3) is 0.217. The quantitative estimate of drug-likeness (QED) is 0.685. The molecule has 1 fully saturated rings. The Morgan fingerprint density at radius 3 is 2.40 bits per heavy atom. The van der Waals surface area contributed by atoms with Gasteiger partial charge in [-0.25, -0.2) is 14.2 Å². The molecule has 7 heteroatoms. The number of benzene rings is 2. The summed E-state index contributed by atoms with van der Waals surface area (Å²) in [5.74, 6) is 0.563. The monoisotopic (exact) mass is 406 g/mol. The highest BCUT2D eigenvalue weighted by Gasteiger charge is 2.20. The van der Waals surface area contributed by atoms with Crippen molar-refractivity contribution in [2.75, 3.05) is 41.3 Å². The van der Waals surface area contributed by atoms with Crippen molar-refractivity contribution in [3.63, 3.8) is 0 Å². The number of carbonyl (C=O) groups is 1. The summed E-state index contributed by atoms with van der Waals surface area (Å²) in [5, 5.41) is 2.58. The average Bonchev–Trinajstić information content (AvgIpc) is 2.79. The van der Waals surface area contributed by atoms with E-state index in [4.69, 9.17) is 4.74 Å². The van der Waals surface area contributed by atoms with Gasteiger partial charge in [-0.1, -0.05) is 36.4 Å². The van der Waals surface area contributed by atoms with Gasteiger partial charge in [-0.05, 0) is 35.9 Å². The fourth-order valence-electron chi connectivity index (χ4n) is 3.44. The molecule has 0 aliphatic carbocycles. The summed E-state index contributed by atoms with van der Waals surface area (Å²) in [6.07, 6.45) is 1.16. The first-order valence-electron chi connectivity index (χ1n) is 9.87. The lowest BCUT2D eigenvalue weighted by atomic mass is 10.2. The zero-order valence-corrected chi connectivity index (χ0v) is 16.5. The Morgan fingerprint density at radius 1 is 0.967 bits per heavy atom. The maximum absolute atomic E-state index is 14.7. The minimum Gasteiger partial charge on any atom is -0.444 e. The van der Waals surface area contributed by atoms with Crippen molar-refractivity contribution >= 4 is 23.3 Å². The van der Waals surface area contributed by atoms with E-state index in [2.05, 4.69) is 15.2 Å². The number of anilines is 3. The molecule has 2 heterocycles. The van der Waals surface area contributed by atoms with E-state index in [9.17, 15) is 9.18 Å². The summed E-state index contributed by atoms with van der Waals surface area (Å²) >= 11 is 0. The third-order valence-corrected chi connectivity index (χ3v) is 5.00. The Morgan fingerprint density at radius 2 is 1.70 bits per heavy atom. The summed E-state index contributed by atoms with van der Waals surface area (Å²) in [5.41, 5.74) is 1.78. The summed E-state index contributed by atoms with van der Waals surface area (Å²) in [7, 11) is 0. The fourth-order valence-corrected chi connectivity index (χ4v) is 3.44. The lowest BCUT2D eigenvalue weighted by Crippen LogP contribution is -2.47. The van der Waals surface area contributed by atoms with Crippen LogP contribution in [0.2, 0.25) is 0 Å². The van der Waals surface area contributed by atoms with Gasteiger partial charge in [0.05, 0.1) is 5.69 Å². The maximum Gasteiger partial charge on any atom is 0.411 e. The molecule has 1 saturated heterocycles. The van der Waals surface area contributed by atoms with Gasteiger partial charge in [0.1, 0.15) is 18.2 Å². The predicted octanol–water partition coefficient (Wildman–Crippen LogP) is 4.30. The Hall–Kier alpha value is -3.61. The molecule has 6 nitrogen and oxygen atoms in total. The topological polar surface area (TPSA) is 57.7 Å². The summed E-state index contributed by atoms with van der Waals surface area (Å²) in [6, 6.07) is 19.9. The molecular formula is C23H23FN4O2. The van der Waals surface area contributed by atoms with Crippen LogP contribution in [0.4, 0.5) is 26.4 Å². The number of rotatable bonds is 5. The van der Waals surface area contributed by atoms with E-state index in [-0.39, 0.29) is 12.4 Å². The Kier molecular flexibility index (Phi) is 6.08. The van der Waals surface area contributed by atoms with Gasteiger partial charge in [0.25, 0.3) is 0 Å². The SMILES string of the molecule is O=C(Nc1ccc(N2CCN(c3ccccn3)CC2)c(F)c1)OCc1ccccc1. The molecule has 30 heavy (non-hydrogen) atoms. The maximum atomic E-state index is 14.7. The molecule has 0 spiro atoms. The molecule has 154 valence electrons. The average molecular weight is 406 g/mol. The van der Waals surface area contributed by atoms with Crippen LogP contribution < -0.4 is 15.1 Å². The highest BCUT2D eigenvalue weighted by molar-refractivity contribution is 5.85. The number of amides is 1. The van der Waals surface area contributed by atoms with Crippen LogP contribution in [0.5, 0.6) is 0 Å². The van der Waals surface area contributed by atoms with Gasteiger partial charge < -0.3 is 14.5 Å². The zero-order chi connectivity index (χ0) is 20.8. The number of hydrogen-bond acceptors (Lipinski definition) is 5. The highest BCUT2D eigenvalue weighted by Crippen LogP contribution is 2.25. The molecule has 4 rings (SSSR count). The van der Waals surface area contributed by atoms with Crippen LogP contribution in [-0.2, 0) is 11.3 Å². The van der Waals surface area contributed by atoms with E-state index in [0.29, 0.717) is 24.5 Å². The minimum absolute atomic E-state index is 0.161. The largest absolute Gasteiger partial charge is 0.444 e. The first-order valence-corrected chi connectivity index (χ1v) is 9.87. The van der Waals surface area contributed by atoms with Crippen LogP contribution in [0.25, 0.3) is 0 Å². The molecule has 0 saturated carbocycles. The van der Waals surface area contributed by atoms with E-state index in [1.165, 1.54) is 6.07 Å². The zero-order valence-electron chi connectivity index (χ0n) is 16.5. The Bertz CT molecular complexity index is 977. The third-order valence-electron chi connectivity index (χ3n) is 5.00. The molecule has 0 bridgehead atoms. The van der Waals surface area contributed by atoms with Gasteiger partial charge in [0, 0.05) is 38.1 Å². The van der Waals surface area contributed by atoms with Gasteiger partial charge >= 0.3 is 6.09 Å². The van der Waals surface area contributed by atoms with Gasteiger partial charge in [0.2, 0.25) is 0 Å². The lowest BCUT2D eigenvalue weighted by molar-refractivity contribution is 0.155. The van der Waals surface area contributed by atoms with Crippen molar-refractivity contribution in [3.05, 3.63) is 84.3 Å². The van der Waals surface area contributed by atoms with Gasteiger partial charge in [0.15, 0.2) is 0 Å². The number of halogens is 1. The summed E-state index contributed by atoms with van der Waals surface area (Å²) in [6.45, 7) is 3.08. The van der Waals surface area contributed by atoms with E-state index in [0.717, 1.165) is 24.5 Å². The molecule has 0 radical (unpaired) electrons. The van der Waals surface area contributed by atoms with Crippen LogP contribution in [0, 0.1) is 5.82 Å². The molecule has 2 aromatic carbocycles. The molecule has 1 N–H and O–H groups in total. The summed E-state index contributed by atoms with van der Waals surface area (Å²) in [4.78, 5) is 20.5. The third kappa shape index (κ3) is 4.86. The molecular weight excluding hydrogens is 383 g/mol.